The number of amides is 1. The molecule has 2 aromatic carbocycles. The van der Waals surface area contributed by atoms with Crippen LogP contribution < -0.4 is 4.90 Å². The van der Waals surface area contributed by atoms with E-state index in [1.165, 1.54) is 0 Å². The van der Waals surface area contributed by atoms with Crippen LogP contribution in [0.4, 0.5) is 5.82 Å². The highest BCUT2D eigenvalue weighted by Crippen LogP contribution is 2.22. The van der Waals surface area contributed by atoms with E-state index in [1.807, 2.05) is 48.5 Å². The summed E-state index contributed by atoms with van der Waals surface area (Å²) >= 11 is 6.19. The SMILES string of the molecule is O=C(c1ccccc1Cl)N(Cc1ccccc1)c1ccccn1. The molecule has 3 aromatic rings. The second-order valence-corrected chi connectivity index (χ2v) is 5.45. The average molecular weight is 323 g/mol. The molecule has 4 heteroatoms. The second kappa shape index (κ2) is 7.07. The number of pyridine rings is 1. The summed E-state index contributed by atoms with van der Waals surface area (Å²) in [4.78, 5) is 18.9. The smallest absolute Gasteiger partial charge is 0.261 e. The Morgan fingerprint density at radius 1 is 0.913 bits per heavy atom. The van der Waals surface area contributed by atoms with Gasteiger partial charge in [0.25, 0.3) is 5.91 Å². The fourth-order valence-corrected chi connectivity index (χ4v) is 2.53. The first-order valence-corrected chi connectivity index (χ1v) is 7.65. The standard InChI is InChI=1S/C19H15ClN2O/c20-17-11-5-4-10-16(17)19(23)22(18-12-6-7-13-21-18)14-15-8-2-1-3-9-15/h1-13H,14H2. The van der Waals surface area contributed by atoms with Gasteiger partial charge in [0.05, 0.1) is 17.1 Å². The van der Waals surface area contributed by atoms with Crippen LogP contribution in [0.1, 0.15) is 15.9 Å². The van der Waals surface area contributed by atoms with Gasteiger partial charge in [0, 0.05) is 6.20 Å². The molecule has 114 valence electrons. The first kappa shape index (κ1) is 15.3. The molecule has 0 bridgehead atoms. The van der Waals surface area contributed by atoms with Crippen LogP contribution in [0.25, 0.3) is 0 Å². The van der Waals surface area contributed by atoms with Crippen molar-refractivity contribution < 1.29 is 4.79 Å². The summed E-state index contributed by atoms with van der Waals surface area (Å²) in [6, 6.07) is 22.4. The van der Waals surface area contributed by atoms with Crippen LogP contribution in [0.2, 0.25) is 5.02 Å². The van der Waals surface area contributed by atoms with Gasteiger partial charge >= 0.3 is 0 Å². The first-order chi connectivity index (χ1) is 11.3. The van der Waals surface area contributed by atoms with E-state index in [1.54, 1.807) is 35.4 Å². The Morgan fingerprint density at radius 2 is 1.61 bits per heavy atom. The number of nitrogens with zero attached hydrogens (tertiary/aromatic N) is 2. The third kappa shape index (κ3) is 3.58. The Labute approximate surface area is 140 Å². The average Bonchev–Trinajstić information content (AvgIpc) is 2.61. The van der Waals surface area contributed by atoms with Crippen molar-refractivity contribution in [2.45, 2.75) is 6.54 Å². The van der Waals surface area contributed by atoms with Gasteiger partial charge in [-0.25, -0.2) is 4.98 Å². The van der Waals surface area contributed by atoms with Crippen molar-refractivity contribution in [3.63, 3.8) is 0 Å². The van der Waals surface area contributed by atoms with Gasteiger partial charge < -0.3 is 0 Å². The van der Waals surface area contributed by atoms with Crippen LogP contribution in [0.5, 0.6) is 0 Å². The topological polar surface area (TPSA) is 33.2 Å². The van der Waals surface area contributed by atoms with Crippen LogP contribution in [-0.2, 0) is 6.54 Å². The largest absolute Gasteiger partial charge is 0.288 e. The minimum atomic E-state index is -0.168. The van der Waals surface area contributed by atoms with E-state index >= 15 is 0 Å². The highest BCUT2D eigenvalue weighted by Gasteiger charge is 2.20. The van der Waals surface area contributed by atoms with Crippen molar-refractivity contribution in [2.24, 2.45) is 0 Å². The maximum Gasteiger partial charge on any atom is 0.261 e. The van der Waals surface area contributed by atoms with E-state index in [0.29, 0.717) is 22.9 Å². The molecule has 3 nitrogen and oxygen atoms in total. The summed E-state index contributed by atoms with van der Waals surface area (Å²) in [5, 5.41) is 0.437. The number of carbonyl (C=O) groups excluding carboxylic acids is 1. The number of hydrogen-bond acceptors (Lipinski definition) is 2. The molecule has 0 spiro atoms. The summed E-state index contributed by atoms with van der Waals surface area (Å²) < 4.78 is 0. The number of hydrogen-bond donors (Lipinski definition) is 0. The Bertz CT molecular complexity index is 791. The summed E-state index contributed by atoms with van der Waals surface area (Å²) in [6.07, 6.45) is 1.67. The summed E-state index contributed by atoms with van der Waals surface area (Å²) in [7, 11) is 0. The fourth-order valence-electron chi connectivity index (χ4n) is 2.32. The molecule has 0 aliphatic heterocycles. The number of benzene rings is 2. The van der Waals surface area contributed by atoms with E-state index in [2.05, 4.69) is 4.98 Å². The van der Waals surface area contributed by atoms with Crippen molar-refractivity contribution >= 4 is 23.3 Å². The predicted octanol–water partition coefficient (Wildman–Crippen LogP) is 4.58. The van der Waals surface area contributed by atoms with Gasteiger partial charge in [0.2, 0.25) is 0 Å². The van der Waals surface area contributed by atoms with E-state index in [4.69, 9.17) is 11.6 Å². The molecule has 0 aliphatic carbocycles. The maximum absolute atomic E-state index is 13.0. The number of anilines is 1. The third-order valence-corrected chi connectivity index (χ3v) is 3.79. The van der Waals surface area contributed by atoms with E-state index in [0.717, 1.165) is 5.56 Å². The van der Waals surface area contributed by atoms with Gasteiger partial charge in [0.15, 0.2) is 0 Å². The molecule has 0 saturated heterocycles. The normalized spacial score (nSPS) is 10.3. The minimum Gasteiger partial charge on any atom is -0.288 e. The van der Waals surface area contributed by atoms with Crippen molar-refractivity contribution in [2.75, 3.05) is 4.90 Å². The van der Waals surface area contributed by atoms with Gasteiger partial charge in [-0.05, 0) is 29.8 Å². The lowest BCUT2D eigenvalue weighted by atomic mass is 10.1. The lowest BCUT2D eigenvalue weighted by Gasteiger charge is -2.22. The van der Waals surface area contributed by atoms with Crippen LogP contribution >= 0.6 is 11.6 Å². The van der Waals surface area contributed by atoms with Gasteiger partial charge in [0.1, 0.15) is 5.82 Å². The fraction of sp³-hybridized carbons (Fsp3) is 0.0526. The lowest BCUT2D eigenvalue weighted by Crippen LogP contribution is -2.31. The van der Waals surface area contributed by atoms with Crippen molar-refractivity contribution in [1.82, 2.24) is 4.98 Å². The third-order valence-electron chi connectivity index (χ3n) is 3.46. The summed E-state index contributed by atoms with van der Waals surface area (Å²) in [5.41, 5.74) is 1.49. The molecule has 1 amide bonds. The predicted molar refractivity (Wildman–Crippen MR) is 92.6 cm³/mol. The quantitative estimate of drug-likeness (QED) is 0.704. The zero-order chi connectivity index (χ0) is 16.1. The van der Waals surface area contributed by atoms with Crippen LogP contribution in [0, 0.1) is 0 Å². The molecule has 0 aliphatic rings. The molecule has 0 atom stereocenters. The summed E-state index contributed by atoms with van der Waals surface area (Å²) in [5.74, 6) is 0.430. The van der Waals surface area contributed by atoms with Gasteiger partial charge in [-0.1, -0.05) is 60.1 Å². The van der Waals surface area contributed by atoms with Gasteiger partial charge in [-0.3, -0.25) is 9.69 Å². The Morgan fingerprint density at radius 3 is 2.30 bits per heavy atom. The number of rotatable bonds is 4. The van der Waals surface area contributed by atoms with E-state index in [9.17, 15) is 4.79 Å². The van der Waals surface area contributed by atoms with Gasteiger partial charge in [-0.2, -0.15) is 0 Å². The van der Waals surface area contributed by atoms with Gasteiger partial charge in [-0.15, -0.1) is 0 Å². The molecule has 0 saturated carbocycles. The molecular weight excluding hydrogens is 308 g/mol. The Kier molecular flexibility index (Phi) is 4.69. The number of halogens is 1. The van der Waals surface area contributed by atoms with Crippen molar-refractivity contribution in [1.29, 1.82) is 0 Å². The summed E-state index contributed by atoms with van der Waals surface area (Å²) in [6.45, 7) is 0.432. The molecule has 1 aromatic heterocycles. The second-order valence-electron chi connectivity index (χ2n) is 5.04. The van der Waals surface area contributed by atoms with Crippen LogP contribution in [-0.4, -0.2) is 10.9 Å². The number of aromatic nitrogens is 1. The monoisotopic (exact) mass is 322 g/mol. The molecule has 0 radical (unpaired) electrons. The lowest BCUT2D eigenvalue weighted by molar-refractivity contribution is 0.0984. The highest BCUT2D eigenvalue weighted by atomic mass is 35.5. The molecule has 23 heavy (non-hydrogen) atoms. The molecule has 0 fully saturated rings. The van der Waals surface area contributed by atoms with E-state index in [-0.39, 0.29) is 5.91 Å². The zero-order valence-electron chi connectivity index (χ0n) is 12.4. The maximum atomic E-state index is 13.0. The van der Waals surface area contributed by atoms with E-state index < -0.39 is 0 Å². The Balaban J connectivity index is 1.98. The first-order valence-electron chi connectivity index (χ1n) is 7.27. The van der Waals surface area contributed by atoms with Crippen LogP contribution in [0.3, 0.4) is 0 Å². The molecule has 0 N–H and O–H groups in total. The minimum absolute atomic E-state index is 0.168. The van der Waals surface area contributed by atoms with Crippen LogP contribution in [0.15, 0.2) is 79.0 Å². The zero-order valence-corrected chi connectivity index (χ0v) is 13.1. The molecular formula is C19H15ClN2O. The molecule has 0 unspecified atom stereocenters. The molecule has 3 rings (SSSR count). The Hall–Kier alpha value is -2.65. The number of carbonyl (C=O) groups is 1. The van der Waals surface area contributed by atoms with Crippen molar-refractivity contribution in [3.8, 4) is 0 Å². The molecule has 1 heterocycles. The highest BCUT2D eigenvalue weighted by molar-refractivity contribution is 6.34. The van der Waals surface area contributed by atoms with Crippen molar-refractivity contribution in [3.05, 3.63) is 95.1 Å².